The van der Waals surface area contributed by atoms with Gasteiger partial charge in [0.2, 0.25) is 0 Å². The molecule has 0 spiro atoms. The predicted molar refractivity (Wildman–Crippen MR) is 78.0 cm³/mol. The van der Waals surface area contributed by atoms with E-state index in [1.54, 1.807) is 0 Å². The molecule has 0 atom stereocenters. The van der Waals surface area contributed by atoms with Gasteiger partial charge in [0.05, 0.1) is 6.61 Å². The molecule has 0 saturated heterocycles. The second kappa shape index (κ2) is 16.9. The van der Waals surface area contributed by atoms with Crippen molar-refractivity contribution in [2.75, 3.05) is 32.9 Å². The molecular weight excluding hydrogens is 226 g/mol. The first-order chi connectivity index (χ1) is 8.91. The predicted octanol–water partition coefficient (Wildman–Crippen LogP) is 3.12. The molecule has 18 heavy (non-hydrogen) atoms. The quantitative estimate of drug-likeness (QED) is 0.444. The van der Waals surface area contributed by atoms with Crippen molar-refractivity contribution < 1.29 is 9.84 Å². The lowest BCUT2D eigenvalue weighted by Gasteiger charge is -2.05. The number of rotatable bonds is 15. The van der Waals surface area contributed by atoms with Crippen molar-refractivity contribution in [2.45, 2.75) is 64.7 Å². The minimum Gasteiger partial charge on any atom is -0.395 e. The highest BCUT2D eigenvalue weighted by molar-refractivity contribution is 4.47. The summed E-state index contributed by atoms with van der Waals surface area (Å²) in [6, 6.07) is 0. The molecule has 0 aromatic rings. The van der Waals surface area contributed by atoms with Gasteiger partial charge in [-0.2, -0.15) is 0 Å². The Labute approximate surface area is 113 Å². The van der Waals surface area contributed by atoms with Gasteiger partial charge in [0, 0.05) is 19.8 Å². The van der Waals surface area contributed by atoms with Crippen LogP contribution in [0.1, 0.15) is 64.7 Å². The monoisotopic (exact) mass is 259 g/mol. The number of nitrogens with one attached hydrogen (secondary N) is 1. The van der Waals surface area contributed by atoms with Crippen molar-refractivity contribution in [1.29, 1.82) is 0 Å². The van der Waals surface area contributed by atoms with E-state index in [0.29, 0.717) is 6.54 Å². The van der Waals surface area contributed by atoms with Gasteiger partial charge in [-0.15, -0.1) is 0 Å². The lowest BCUT2D eigenvalue weighted by molar-refractivity contribution is 0.127. The van der Waals surface area contributed by atoms with Gasteiger partial charge in [0.15, 0.2) is 0 Å². The van der Waals surface area contributed by atoms with Crippen LogP contribution < -0.4 is 5.32 Å². The van der Waals surface area contributed by atoms with E-state index in [4.69, 9.17) is 9.84 Å². The van der Waals surface area contributed by atoms with Crippen LogP contribution in [0.4, 0.5) is 0 Å². The molecule has 0 amide bonds. The first-order valence-electron chi connectivity index (χ1n) is 7.81. The largest absolute Gasteiger partial charge is 0.395 e. The fraction of sp³-hybridized carbons (Fsp3) is 1.00. The van der Waals surface area contributed by atoms with E-state index in [2.05, 4.69) is 12.2 Å². The molecular formula is C15H33NO2. The van der Waals surface area contributed by atoms with Gasteiger partial charge in [-0.3, -0.25) is 0 Å². The Morgan fingerprint density at radius 2 is 1.39 bits per heavy atom. The number of unbranched alkanes of at least 4 members (excludes halogenated alkanes) is 7. The molecule has 0 unspecified atom stereocenters. The Kier molecular flexibility index (Phi) is 16.8. The van der Waals surface area contributed by atoms with E-state index in [1.807, 2.05) is 0 Å². The van der Waals surface area contributed by atoms with Crippen LogP contribution in [0.15, 0.2) is 0 Å². The molecule has 0 aliphatic carbocycles. The lowest BCUT2D eigenvalue weighted by atomic mass is 10.1. The zero-order chi connectivity index (χ0) is 13.3. The Hall–Kier alpha value is -0.120. The summed E-state index contributed by atoms with van der Waals surface area (Å²) in [5.74, 6) is 0. The average Bonchev–Trinajstić information content (AvgIpc) is 2.39. The van der Waals surface area contributed by atoms with E-state index < -0.39 is 0 Å². The molecule has 0 heterocycles. The second-order valence-electron chi connectivity index (χ2n) is 4.91. The molecule has 0 radical (unpaired) electrons. The van der Waals surface area contributed by atoms with E-state index in [1.165, 1.54) is 51.4 Å². The summed E-state index contributed by atoms with van der Waals surface area (Å²) in [6.45, 7) is 5.87. The zero-order valence-corrected chi connectivity index (χ0v) is 12.3. The molecule has 0 rings (SSSR count). The summed E-state index contributed by atoms with van der Waals surface area (Å²) in [5, 5.41) is 11.7. The van der Waals surface area contributed by atoms with Gasteiger partial charge in [0.25, 0.3) is 0 Å². The summed E-state index contributed by atoms with van der Waals surface area (Å²) in [6.07, 6.45) is 11.9. The van der Waals surface area contributed by atoms with E-state index in [-0.39, 0.29) is 6.61 Å². The van der Waals surface area contributed by atoms with E-state index >= 15 is 0 Å². The Bertz CT molecular complexity index is 126. The maximum absolute atomic E-state index is 8.56. The molecule has 3 heteroatoms. The molecule has 0 aromatic heterocycles. The highest BCUT2D eigenvalue weighted by Crippen LogP contribution is 2.08. The van der Waals surface area contributed by atoms with E-state index in [9.17, 15) is 0 Å². The van der Waals surface area contributed by atoms with Crippen LogP contribution in [0.25, 0.3) is 0 Å². The standard InChI is InChI=1S/C15H33NO2/c1-2-3-4-5-6-7-8-9-14-18-15-10-11-16-12-13-17/h16-17H,2-15H2,1H3. The maximum Gasteiger partial charge on any atom is 0.0555 e. The van der Waals surface area contributed by atoms with Gasteiger partial charge in [-0.25, -0.2) is 0 Å². The molecule has 3 nitrogen and oxygen atoms in total. The number of aliphatic hydroxyl groups excluding tert-OH is 1. The summed E-state index contributed by atoms with van der Waals surface area (Å²) in [5.41, 5.74) is 0. The second-order valence-corrected chi connectivity index (χ2v) is 4.91. The Morgan fingerprint density at radius 1 is 0.778 bits per heavy atom. The average molecular weight is 259 g/mol. The first-order valence-corrected chi connectivity index (χ1v) is 7.81. The lowest BCUT2D eigenvalue weighted by Crippen LogP contribution is -2.20. The van der Waals surface area contributed by atoms with Crippen LogP contribution in [0.5, 0.6) is 0 Å². The van der Waals surface area contributed by atoms with Crippen molar-refractivity contribution in [2.24, 2.45) is 0 Å². The molecule has 0 aliphatic heterocycles. The first kappa shape index (κ1) is 17.9. The fourth-order valence-corrected chi connectivity index (χ4v) is 1.94. The van der Waals surface area contributed by atoms with Crippen LogP contribution >= 0.6 is 0 Å². The molecule has 0 aliphatic rings. The van der Waals surface area contributed by atoms with Gasteiger partial charge >= 0.3 is 0 Å². The molecule has 0 bridgehead atoms. The van der Waals surface area contributed by atoms with Crippen molar-refractivity contribution in [3.8, 4) is 0 Å². The van der Waals surface area contributed by atoms with Crippen LogP contribution in [0, 0.1) is 0 Å². The van der Waals surface area contributed by atoms with Crippen LogP contribution in [0.3, 0.4) is 0 Å². The number of hydrogen-bond acceptors (Lipinski definition) is 3. The van der Waals surface area contributed by atoms with Crippen LogP contribution in [0.2, 0.25) is 0 Å². The minimum atomic E-state index is 0.221. The number of hydrogen-bond donors (Lipinski definition) is 2. The summed E-state index contributed by atoms with van der Waals surface area (Å²) < 4.78 is 5.56. The third-order valence-corrected chi connectivity index (χ3v) is 3.07. The molecule has 0 saturated carbocycles. The smallest absolute Gasteiger partial charge is 0.0555 e. The van der Waals surface area contributed by atoms with Crippen molar-refractivity contribution in [3.63, 3.8) is 0 Å². The summed E-state index contributed by atoms with van der Waals surface area (Å²) in [7, 11) is 0. The maximum atomic E-state index is 8.56. The molecule has 2 N–H and O–H groups in total. The van der Waals surface area contributed by atoms with Crippen molar-refractivity contribution in [3.05, 3.63) is 0 Å². The zero-order valence-electron chi connectivity index (χ0n) is 12.3. The van der Waals surface area contributed by atoms with Gasteiger partial charge in [-0.1, -0.05) is 51.9 Å². The van der Waals surface area contributed by atoms with Gasteiger partial charge < -0.3 is 15.2 Å². The third kappa shape index (κ3) is 15.9. The highest BCUT2D eigenvalue weighted by Gasteiger charge is 1.93. The van der Waals surface area contributed by atoms with E-state index in [0.717, 1.165) is 26.2 Å². The number of ether oxygens (including phenoxy) is 1. The SMILES string of the molecule is CCCCCCCCCCOCCCNCCO. The van der Waals surface area contributed by atoms with Crippen LogP contribution in [-0.4, -0.2) is 38.0 Å². The van der Waals surface area contributed by atoms with Crippen LogP contribution in [-0.2, 0) is 4.74 Å². The third-order valence-electron chi connectivity index (χ3n) is 3.07. The molecule has 0 aromatic carbocycles. The fourth-order valence-electron chi connectivity index (χ4n) is 1.94. The summed E-state index contributed by atoms with van der Waals surface area (Å²) >= 11 is 0. The topological polar surface area (TPSA) is 41.5 Å². The normalized spacial score (nSPS) is 11.0. The van der Waals surface area contributed by atoms with Crippen molar-refractivity contribution in [1.82, 2.24) is 5.32 Å². The number of aliphatic hydroxyl groups is 1. The van der Waals surface area contributed by atoms with Gasteiger partial charge in [0.1, 0.15) is 0 Å². The minimum absolute atomic E-state index is 0.221. The Morgan fingerprint density at radius 3 is 2.06 bits per heavy atom. The highest BCUT2D eigenvalue weighted by atomic mass is 16.5. The van der Waals surface area contributed by atoms with Crippen molar-refractivity contribution >= 4 is 0 Å². The summed E-state index contributed by atoms with van der Waals surface area (Å²) in [4.78, 5) is 0. The Balaban J connectivity index is 2.86. The molecule has 110 valence electrons. The molecule has 0 fully saturated rings. The van der Waals surface area contributed by atoms with Gasteiger partial charge in [-0.05, 0) is 19.4 Å².